The van der Waals surface area contributed by atoms with Gasteiger partial charge in [-0.05, 0) is 61.3 Å². The largest absolute Gasteiger partial charge is 0.301 e. The Morgan fingerprint density at radius 3 is 2.33 bits per heavy atom. The molecule has 0 N–H and O–H groups in total. The van der Waals surface area contributed by atoms with Crippen molar-refractivity contribution in [2.45, 2.75) is 39.7 Å². The monoisotopic (exact) mass is 280 g/mol. The smallest absolute Gasteiger partial charge is 0.0382 e. The maximum atomic E-state index is 4.47. The predicted octanol–water partition coefficient (Wildman–Crippen LogP) is 4.09. The third kappa shape index (κ3) is 2.73. The molecule has 0 spiro atoms. The fourth-order valence-electron chi connectivity index (χ4n) is 3.67. The molecule has 3 rings (SSSR count). The Morgan fingerprint density at radius 2 is 1.67 bits per heavy atom. The van der Waals surface area contributed by atoms with Crippen LogP contribution in [0, 0.1) is 13.8 Å². The fraction of sp³-hybridized carbons (Fsp3) is 0.421. The lowest BCUT2D eigenvalue weighted by Crippen LogP contribution is -2.39. The molecular formula is C19H24N2. The van der Waals surface area contributed by atoms with Gasteiger partial charge in [-0.25, -0.2) is 0 Å². The van der Waals surface area contributed by atoms with Crippen LogP contribution in [0.1, 0.15) is 36.4 Å². The van der Waals surface area contributed by atoms with Crippen molar-refractivity contribution < 1.29 is 0 Å². The molecule has 0 bridgehead atoms. The van der Waals surface area contributed by atoms with Crippen LogP contribution in [0.4, 0.5) is 0 Å². The summed E-state index contributed by atoms with van der Waals surface area (Å²) in [4.78, 5) is 6.89. The van der Waals surface area contributed by atoms with Gasteiger partial charge in [-0.1, -0.05) is 26.0 Å². The third-order valence-corrected chi connectivity index (χ3v) is 4.35. The summed E-state index contributed by atoms with van der Waals surface area (Å²) in [5, 5.41) is 0. The van der Waals surface area contributed by atoms with Gasteiger partial charge in [-0.15, -0.1) is 0 Å². The number of aryl methyl sites for hydroxylation is 2. The minimum absolute atomic E-state index is 0.227. The molecule has 2 aromatic rings. The van der Waals surface area contributed by atoms with Gasteiger partial charge in [0.25, 0.3) is 0 Å². The second-order valence-electron chi connectivity index (χ2n) is 7.07. The highest BCUT2D eigenvalue weighted by molar-refractivity contribution is 5.66. The van der Waals surface area contributed by atoms with Crippen LogP contribution in [-0.2, 0) is 12.0 Å². The summed E-state index contributed by atoms with van der Waals surface area (Å²) in [5.41, 5.74) is 7.91. The van der Waals surface area contributed by atoms with Gasteiger partial charge in [-0.3, -0.25) is 4.98 Å². The number of nitrogens with zero attached hydrogens (tertiary/aromatic N) is 2. The zero-order chi connectivity index (χ0) is 15.2. The molecule has 21 heavy (non-hydrogen) atoms. The van der Waals surface area contributed by atoms with Crippen LogP contribution < -0.4 is 0 Å². The van der Waals surface area contributed by atoms with Crippen LogP contribution in [0.5, 0.6) is 0 Å². The highest BCUT2D eigenvalue weighted by Gasteiger charge is 2.30. The molecule has 2 nitrogen and oxygen atoms in total. The van der Waals surface area contributed by atoms with E-state index in [2.05, 4.69) is 75.0 Å². The Balaban J connectivity index is 2.09. The fourth-order valence-corrected chi connectivity index (χ4v) is 3.67. The quantitative estimate of drug-likeness (QED) is 0.782. The van der Waals surface area contributed by atoms with E-state index in [1.807, 2.05) is 0 Å². The molecule has 0 radical (unpaired) electrons. The Bertz CT molecular complexity index is 666. The summed E-state index contributed by atoms with van der Waals surface area (Å²) < 4.78 is 0. The zero-order valence-corrected chi connectivity index (χ0v) is 13.7. The average molecular weight is 280 g/mol. The van der Waals surface area contributed by atoms with E-state index in [9.17, 15) is 0 Å². The van der Waals surface area contributed by atoms with E-state index in [-0.39, 0.29) is 5.41 Å². The lowest BCUT2D eigenvalue weighted by Gasteiger charge is -2.38. The maximum Gasteiger partial charge on any atom is 0.0382 e. The molecule has 0 atom stereocenters. The first-order valence-corrected chi connectivity index (χ1v) is 7.63. The molecule has 1 aliphatic heterocycles. The molecule has 2 heteroatoms. The minimum Gasteiger partial charge on any atom is -0.301 e. The Morgan fingerprint density at radius 1 is 1.00 bits per heavy atom. The van der Waals surface area contributed by atoms with Crippen LogP contribution in [-0.4, -0.2) is 23.5 Å². The lowest BCUT2D eigenvalue weighted by atomic mass is 9.78. The normalized spacial score (nSPS) is 17.6. The van der Waals surface area contributed by atoms with Crippen molar-refractivity contribution in [2.24, 2.45) is 0 Å². The molecule has 0 fully saturated rings. The number of likely N-dealkylation sites (N-methyl/N-ethyl adjacent to an activating group) is 1. The molecule has 110 valence electrons. The molecule has 1 aliphatic rings. The second-order valence-corrected chi connectivity index (χ2v) is 7.07. The van der Waals surface area contributed by atoms with Gasteiger partial charge in [-0.2, -0.15) is 0 Å². The van der Waals surface area contributed by atoms with E-state index >= 15 is 0 Å². The Kier molecular flexibility index (Phi) is 3.37. The summed E-state index contributed by atoms with van der Waals surface area (Å²) in [5.74, 6) is 0. The first-order chi connectivity index (χ1) is 9.85. The lowest BCUT2D eigenvalue weighted by molar-refractivity contribution is 0.236. The highest BCUT2D eigenvalue weighted by Crippen LogP contribution is 2.35. The molecule has 0 unspecified atom stereocenters. The SMILES string of the molecule is Cc1cc(-c2ccc3c(c2)CN(C)CC3(C)C)cc(C)n1. The number of pyridine rings is 1. The molecule has 1 aromatic carbocycles. The van der Waals surface area contributed by atoms with Crippen molar-refractivity contribution in [3.8, 4) is 11.1 Å². The number of hydrogen-bond acceptors (Lipinski definition) is 2. The number of rotatable bonds is 1. The van der Waals surface area contributed by atoms with Crippen LogP contribution >= 0.6 is 0 Å². The van der Waals surface area contributed by atoms with Crippen molar-refractivity contribution in [3.05, 3.63) is 52.8 Å². The molecule has 0 amide bonds. The standard InChI is InChI=1S/C19H24N2/c1-13-8-16(9-14(2)20-13)15-6-7-18-17(10-15)11-21(5)12-19(18,3)4/h6-10H,11-12H2,1-5H3. The first-order valence-electron chi connectivity index (χ1n) is 7.63. The van der Waals surface area contributed by atoms with E-state index in [4.69, 9.17) is 0 Å². The first kappa shape index (κ1) is 14.3. The minimum atomic E-state index is 0.227. The summed E-state index contributed by atoms with van der Waals surface area (Å²) >= 11 is 0. The van der Waals surface area contributed by atoms with E-state index < -0.39 is 0 Å². The van der Waals surface area contributed by atoms with E-state index in [0.29, 0.717) is 0 Å². The van der Waals surface area contributed by atoms with Gasteiger partial charge in [0.1, 0.15) is 0 Å². The molecule has 0 aliphatic carbocycles. The summed E-state index contributed by atoms with van der Waals surface area (Å²) in [7, 11) is 2.21. The van der Waals surface area contributed by atoms with Crippen LogP contribution in [0.15, 0.2) is 30.3 Å². The molecule has 1 aromatic heterocycles. The van der Waals surface area contributed by atoms with Gasteiger partial charge in [0.05, 0.1) is 0 Å². The van der Waals surface area contributed by atoms with Crippen LogP contribution in [0.2, 0.25) is 0 Å². The highest BCUT2D eigenvalue weighted by atomic mass is 15.1. The summed E-state index contributed by atoms with van der Waals surface area (Å²) in [6, 6.07) is 11.3. The van der Waals surface area contributed by atoms with Crippen molar-refractivity contribution in [1.29, 1.82) is 0 Å². The number of fused-ring (bicyclic) bond motifs is 1. The Labute approximate surface area is 127 Å². The number of aromatic nitrogens is 1. The van der Waals surface area contributed by atoms with Gasteiger partial charge < -0.3 is 4.90 Å². The van der Waals surface area contributed by atoms with Crippen molar-refractivity contribution >= 4 is 0 Å². The van der Waals surface area contributed by atoms with E-state index in [1.54, 1.807) is 0 Å². The zero-order valence-electron chi connectivity index (χ0n) is 13.7. The van der Waals surface area contributed by atoms with Crippen LogP contribution in [0.25, 0.3) is 11.1 Å². The molecule has 0 saturated heterocycles. The van der Waals surface area contributed by atoms with Crippen LogP contribution in [0.3, 0.4) is 0 Å². The predicted molar refractivity (Wildman–Crippen MR) is 88.5 cm³/mol. The van der Waals surface area contributed by atoms with Gasteiger partial charge in [0.15, 0.2) is 0 Å². The van der Waals surface area contributed by atoms with Gasteiger partial charge in [0.2, 0.25) is 0 Å². The molecular weight excluding hydrogens is 256 g/mol. The maximum absolute atomic E-state index is 4.47. The van der Waals surface area contributed by atoms with Gasteiger partial charge in [0, 0.05) is 29.9 Å². The molecule has 2 heterocycles. The summed E-state index contributed by atoms with van der Waals surface area (Å²) in [6.45, 7) is 10.9. The van der Waals surface area contributed by atoms with Gasteiger partial charge >= 0.3 is 0 Å². The van der Waals surface area contributed by atoms with Crippen molar-refractivity contribution in [1.82, 2.24) is 9.88 Å². The number of hydrogen-bond donors (Lipinski definition) is 0. The van der Waals surface area contributed by atoms with Crippen molar-refractivity contribution in [2.75, 3.05) is 13.6 Å². The van der Waals surface area contributed by atoms with Crippen molar-refractivity contribution in [3.63, 3.8) is 0 Å². The topological polar surface area (TPSA) is 16.1 Å². The average Bonchev–Trinajstić information content (AvgIpc) is 2.35. The number of benzene rings is 1. The van der Waals surface area contributed by atoms with E-state index in [1.165, 1.54) is 22.3 Å². The Hall–Kier alpha value is -1.67. The second kappa shape index (κ2) is 4.96. The summed E-state index contributed by atoms with van der Waals surface area (Å²) in [6.07, 6.45) is 0. The third-order valence-electron chi connectivity index (χ3n) is 4.35. The van der Waals surface area contributed by atoms with E-state index in [0.717, 1.165) is 24.5 Å². The molecule has 0 saturated carbocycles.